The van der Waals surface area contributed by atoms with Crippen LogP contribution in [0.1, 0.15) is 25.3 Å². The van der Waals surface area contributed by atoms with Crippen molar-refractivity contribution in [2.24, 2.45) is 0 Å². The number of alkyl halides is 1. The van der Waals surface area contributed by atoms with Crippen LogP contribution in [0, 0.1) is 5.82 Å². The van der Waals surface area contributed by atoms with Crippen molar-refractivity contribution in [2.75, 3.05) is 0 Å². The molecule has 1 aromatic carbocycles. The minimum absolute atomic E-state index is 0.0241. The third-order valence-corrected chi connectivity index (χ3v) is 4.39. The Labute approximate surface area is 112 Å². The maximum atomic E-state index is 13.0. The Morgan fingerprint density at radius 3 is 2.19 bits per heavy atom. The summed E-state index contributed by atoms with van der Waals surface area (Å²) in [7, 11) is 0. The number of hydrogen-bond acceptors (Lipinski definition) is 1. The van der Waals surface area contributed by atoms with Crippen LogP contribution in [-0.4, -0.2) is 10.6 Å². The molecule has 1 aromatic rings. The average molecular weight is 328 g/mol. The molecule has 1 nitrogen and oxygen atoms in total. The van der Waals surface area contributed by atoms with Gasteiger partial charge in [0.25, 0.3) is 0 Å². The fourth-order valence-electron chi connectivity index (χ4n) is 1.49. The Balaban J connectivity index is 3.18. The molecule has 2 atom stereocenters. The lowest BCUT2D eigenvalue weighted by atomic mass is 9.95. The largest absolute Gasteiger partial charge is 0.299 e. The second kappa shape index (κ2) is 5.48. The van der Waals surface area contributed by atoms with Crippen LogP contribution in [0.5, 0.6) is 0 Å². The van der Waals surface area contributed by atoms with Crippen molar-refractivity contribution in [3.8, 4) is 0 Å². The molecule has 0 amide bonds. The highest BCUT2D eigenvalue weighted by Crippen LogP contribution is 2.36. The van der Waals surface area contributed by atoms with E-state index in [0.717, 1.165) is 0 Å². The van der Waals surface area contributed by atoms with Gasteiger partial charge in [-0.2, -0.15) is 0 Å². The maximum Gasteiger partial charge on any atom is 0.144 e. The summed E-state index contributed by atoms with van der Waals surface area (Å²) in [5, 5.41) is 0.478. The van der Waals surface area contributed by atoms with Gasteiger partial charge in [0, 0.05) is 16.0 Å². The van der Waals surface area contributed by atoms with Gasteiger partial charge in [-0.3, -0.25) is 4.79 Å². The number of rotatable bonds is 3. The van der Waals surface area contributed by atoms with E-state index in [9.17, 15) is 9.18 Å². The summed E-state index contributed by atoms with van der Waals surface area (Å²) in [5.41, 5.74) is 0.585. The molecule has 16 heavy (non-hydrogen) atoms. The van der Waals surface area contributed by atoms with Crippen LogP contribution >= 0.6 is 39.1 Å². The van der Waals surface area contributed by atoms with Crippen molar-refractivity contribution >= 4 is 44.9 Å². The summed E-state index contributed by atoms with van der Waals surface area (Å²) in [5.74, 6) is -0.720. The van der Waals surface area contributed by atoms with Gasteiger partial charge in [0.2, 0.25) is 0 Å². The molecule has 0 aromatic heterocycles. The van der Waals surface area contributed by atoms with Gasteiger partial charge in [0.05, 0.1) is 4.83 Å². The third kappa shape index (κ3) is 2.96. The van der Waals surface area contributed by atoms with E-state index in [2.05, 4.69) is 15.9 Å². The zero-order valence-electron chi connectivity index (χ0n) is 8.73. The van der Waals surface area contributed by atoms with Gasteiger partial charge in [0.1, 0.15) is 11.6 Å². The molecule has 0 aliphatic heterocycles. The van der Waals surface area contributed by atoms with Crippen LogP contribution in [0.3, 0.4) is 0 Å². The Morgan fingerprint density at radius 2 is 1.81 bits per heavy atom. The van der Waals surface area contributed by atoms with Crippen molar-refractivity contribution in [1.82, 2.24) is 0 Å². The summed E-state index contributed by atoms with van der Waals surface area (Å²) >= 11 is 15.1. The van der Waals surface area contributed by atoms with Gasteiger partial charge in [-0.05, 0) is 24.6 Å². The molecule has 0 aliphatic carbocycles. The number of benzene rings is 1. The summed E-state index contributed by atoms with van der Waals surface area (Å²) in [6.07, 6.45) is 0. The smallest absolute Gasteiger partial charge is 0.144 e. The van der Waals surface area contributed by atoms with Crippen LogP contribution in [0.25, 0.3) is 0 Å². The molecule has 0 fully saturated rings. The molecule has 0 saturated carbocycles. The SMILES string of the molecule is CC(=O)C(Br)C(C)c1c(Cl)cc(F)cc1Cl. The molecule has 0 radical (unpaired) electrons. The Hall–Kier alpha value is -0.120. The first-order valence-electron chi connectivity index (χ1n) is 4.63. The Morgan fingerprint density at radius 1 is 1.38 bits per heavy atom. The first-order chi connectivity index (χ1) is 7.34. The predicted molar refractivity (Wildman–Crippen MR) is 68.2 cm³/mol. The van der Waals surface area contributed by atoms with Crippen molar-refractivity contribution in [1.29, 1.82) is 0 Å². The quantitative estimate of drug-likeness (QED) is 0.742. The van der Waals surface area contributed by atoms with E-state index in [1.807, 2.05) is 6.92 Å². The van der Waals surface area contributed by atoms with E-state index < -0.39 is 5.82 Å². The zero-order chi connectivity index (χ0) is 12.5. The minimum Gasteiger partial charge on any atom is -0.299 e. The standard InChI is InChI=1S/C11H10BrCl2FO/c1-5(11(12)6(2)16)10-8(13)3-7(15)4-9(10)14/h3-5,11H,1-2H3. The second-order valence-corrected chi connectivity index (χ2v) is 5.39. The highest BCUT2D eigenvalue weighted by molar-refractivity contribution is 9.10. The molecule has 0 N–H and O–H groups in total. The molecule has 1 rings (SSSR count). The number of carbonyl (C=O) groups excluding carboxylic acids is 1. The van der Waals surface area contributed by atoms with E-state index >= 15 is 0 Å². The lowest BCUT2D eigenvalue weighted by Crippen LogP contribution is -2.18. The minimum atomic E-state index is -0.486. The van der Waals surface area contributed by atoms with Crippen LogP contribution in [0.2, 0.25) is 10.0 Å². The monoisotopic (exact) mass is 326 g/mol. The molecular formula is C11H10BrCl2FO. The Kier molecular flexibility index (Phi) is 4.77. The van der Waals surface area contributed by atoms with Crippen molar-refractivity contribution in [3.63, 3.8) is 0 Å². The van der Waals surface area contributed by atoms with Crippen molar-refractivity contribution in [3.05, 3.63) is 33.6 Å². The van der Waals surface area contributed by atoms with E-state index in [0.29, 0.717) is 5.56 Å². The lowest BCUT2D eigenvalue weighted by molar-refractivity contribution is -0.116. The number of Topliss-reactive ketones (excluding diaryl/α,β-unsaturated/α-hetero) is 1. The van der Waals surface area contributed by atoms with Gasteiger partial charge >= 0.3 is 0 Å². The molecule has 0 heterocycles. The molecule has 0 spiro atoms. The molecule has 2 unspecified atom stereocenters. The molecule has 0 bridgehead atoms. The summed E-state index contributed by atoms with van der Waals surface area (Å²) in [4.78, 5) is 10.9. The average Bonchev–Trinajstić information content (AvgIpc) is 2.14. The normalized spacial score (nSPS) is 14.6. The molecular weight excluding hydrogens is 318 g/mol. The van der Waals surface area contributed by atoms with Gasteiger partial charge in [-0.1, -0.05) is 46.1 Å². The van der Waals surface area contributed by atoms with Gasteiger partial charge in [0.15, 0.2) is 0 Å². The van der Waals surface area contributed by atoms with Gasteiger partial charge < -0.3 is 0 Å². The molecule has 0 saturated heterocycles. The van der Waals surface area contributed by atoms with Gasteiger partial charge in [-0.15, -0.1) is 0 Å². The Bertz CT molecular complexity index is 399. The fraction of sp³-hybridized carbons (Fsp3) is 0.364. The third-order valence-electron chi connectivity index (χ3n) is 2.33. The highest BCUT2D eigenvalue weighted by atomic mass is 79.9. The number of ketones is 1. The molecule has 0 aliphatic rings. The second-order valence-electron chi connectivity index (χ2n) is 3.58. The highest BCUT2D eigenvalue weighted by Gasteiger charge is 2.24. The summed E-state index contributed by atoms with van der Waals surface area (Å²) < 4.78 is 13.0. The van der Waals surface area contributed by atoms with Gasteiger partial charge in [-0.25, -0.2) is 4.39 Å². The maximum absolute atomic E-state index is 13.0. The number of halogens is 4. The van der Waals surface area contributed by atoms with E-state index in [1.165, 1.54) is 19.1 Å². The van der Waals surface area contributed by atoms with E-state index in [1.54, 1.807) is 0 Å². The zero-order valence-corrected chi connectivity index (χ0v) is 11.8. The summed E-state index contributed by atoms with van der Waals surface area (Å²) in [6, 6.07) is 2.39. The molecule has 5 heteroatoms. The van der Waals surface area contributed by atoms with Crippen LogP contribution in [-0.2, 0) is 4.79 Å². The number of hydrogen-bond donors (Lipinski definition) is 0. The van der Waals surface area contributed by atoms with Crippen molar-refractivity contribution < 1.29 is 9.18 Å². The van der Waals surface area contributed by atoms with E-state index in [4.69, 9.17) is 23.2 Å². The lowest BCUT2D eigenvalue weighted by Gasteiger charge is -2.19. The topological polar surface area (TPSA) is 17.1 Å². The van der Waals surface area contributed by atoms with Crippen LogP contribution in [0.15, 0.2) is 12.1 Å². The predicted octanol–water partition coefficient (Wildman–Crippen LogP) is 4.59. The summed E-state index contributed by atoms with van der Waals surface area (Å²) in [6.45, 7) is 3.28. The van der Waals surface area contributed by atoms with Crippen molar-refractivity contribution in [2.45, 2.75) is 24.6 Å². The number of carbonyl (C=O) groups is 1. The van der Waals surface area contributed by atoms with E-state index in [-0.39, 0.29) is 26.6 Å². The fourth-order valence-corrected chi connectivity index (χ4v) is 2.56. The van der Waals surface area contributed by atoms with Crippen LogP contribution in [0.4, 0.5) is 4.39 Å². The van der Waals surface area contributed by atoms with Crippen LogP contribution < -0.4 is 0 Å². The first-order valence-corrected chi connectivity index (χ1v) is 6.30. The molecule has 88 valence electrons. The first kappa shape index (κ1) is 13.9.